The fraction of sp³-hybridized carbons (Fsp3) is 0.917. The van der Waals surface area contributed by atoms with E-state index >= 15 is 0 Å². The Morgan fingerprint density at radius 1 is 1.40 bits per heavy atom. The second-order valence-electron chi connectivity index (χ2n) is 5.50. The van der Waals surface area contributed by atoms with Gasteiger partial charge in [-0.05, 0) is 11.8 Å². The lowest BCUT2D eigenvalue weighted by Crippen LogP contribution is -2.44. The molecule has 0 radical (unpaired) electrons. The molecule has 0 aromatic carbocycles. The molecule has 1 amide bonds. The van der Waals surface area contributed by atoms with Crippen LogP contribution in [0.5, 0.6) is 0 Å². The van der Waals surface area contributed by atoms with E-state index in [4.69, 9.17) is 5.73 Å². The van der Waals surface area contributed by atoms with Crippen LogP contribution in [0.15, 0.2) is 0 Å². The number of unbranched alkanes of at least 4 members (excludes halogenated alkanes) is 1. The van der Waals surface area contributed by atoms with Crippen molar-refractivity contribution in [1.82, 2.24) is 4.90 Å². The maximum atomic E-state index is 11.8. The van der Waals surface area contributed by atoms with Crippen molar-refractivity contribution in [2.45, 2.75) is 53.0 Å². The van der Waals surface area contributed by atoms with E-state index in [0.29, 0.717) is 0 Å². The third-order valence-electron chi connectivity index (χ3n) is 2.27. The maximum absolute atomic E-state index is 11.8. The Hall–Kier alpha value is -0.570. The van der Waals surface area contributed by atoms with Gasteiger partial charge in [-0.3, -0.25) is 4.79 Å². The zero-order chi connectivity index (χ0) is 12.1. The maximum Gasteiger partial charge on any atom is 0.239 e. The number of carbonyl (C=O) groups is 1. The molecule has 2 N–H and O–H groups in total. The van der Waals surface area contributed by atoms with Crippen LogP contribution < -0.4 is 5.73 Å². The van der Waals surface area contributed by atoms with Crippen LogP contribution in [0.2, 0.25) is 0 Å². The van der Waals surface area contributed by atoms with Gasteiger partial charge in [-0.15, -0.1) is 0 Å². The van der Waals surface area contributed by atoms with E-state index in [0.717, 1.165) is 25.8 Å². The minimum atomic E-state index is -0.322. The van der Waals surface area contributed by atoms with Crippen molar-refractivity contribution < 1.29 is 4.79 Å². The Balaban J connectivity index is 4.08. The van der Waals surface area contributed by atoms with E-state index in [1.807, 2.05) is 7.05 Å². The van der Waals surface area contributed by atoms with E-state index in [1.54, 1.807) is 4.90 Å². The molecule has 3 nitrogen and oxygen atoms in total. The molecule has 0 aromatic rings. The largest absolute Gasteiger partial charge is 0.344 e. The third kappa shape index (κ3) is 6.50. The summed E-state index contributed by atoms with van der Waals surface area (Å²) in [6.45, 7) is 9.22. The fourth-order valence-electron chi connectivity index (χ4n) is 1.62. The number of nitrogens with zero attached hydrogens (tertiary/aromatic N) is 1. The van der Waals surface area contributed by atoms with E-state index in [-0.39, 0.29) is 17.4 Å². The molecule has 1 unspecified atom stereocenters. The van der Waals surface area contributed by atoms with Gasteiger partial charge in [0.2, 0.25) is 5.91 Å². The molecule has 0 bridgehead atoms. The predicted octanol–water partition coefficient (Wildman–Crippen LogP) is 2.01. The Labute approximate surface area is 94.0 Å². The lowest BCUT2D eigenvalue weighted by Gasteiger charge is -2.28. The summed E-state index contributed by atoms with van der Waals surface area (Å²) in [5.41, 5.74) is 5.97. The fourth-order valence-corrected chi connectivity index (χ4v) is 1.62. The summed E-state index contributed by atoms with van der Waals surface area (Å²) >= 11 is 0. The van der Waals surface area contributed by atoms with E-state index in [9.17, 15) is 4.79 Å². The first kappa shape index (κ1) is 14.4. The number of likely N-dealkylation sites (N-methyl/N-ethyl adjacent to an activating group) is 1. The average molecular weight is 214 g/mol. The molecule has 0 aliphatic heterocycles. The highest BCUT2D eigenvalue weighted by molar-refractivity contribution is 5.81. The molecule has 3 heteroatoms. The van der Waals surface area contributed by atoms with Crippen LogP contribution in [0, 0.1) is 5.41 Å². The third-order valence-corrected chi connectivity index (χ3v) is 2.27. The summed E-state index contributed by atoms with van der Waals surface area (Å²) in [7, 11) is 1.83. The molecule has 0 saturated carbocycles. The molecule has 0 saturated heterocycles. The highest BCUT2D eigenvalue weighted by Gasteiger charge is 2.21. The standard InChI is InChI=1S/C12H26N2O/c1-6-7-8-10(13)11(15)14(5)9-12(2,3)4/h10H,6-9,13H2,1-5H3. The first-order valence-electron chi connectivity index (χ1n) is 5.78. The van der Waals surface area contributed by atoms with Gasteiger partial charge in [0.05, 0.1) is 6.04 Å². The highest BCUT2D eigenvalue weighted by atomic mass is 16.2. The average Bonchev–Trinajstić information content (AvgIpc) is 2.10. The molecular formula is C12H26N2O. The zero-order valence-electron chi connectivity index (χ0n) is 10.8. The van der Waals surface area contributed by atoms with E-state index in [1.165, 1.54) is 0 Å². The normalized spacial score (nSPS) is 13.7. The summed E-state index contributed by atoms with van der Waals surface area (Å²) in [4.78, 5) is 13.6. The Morgan fingerprint density at radius 2 is 1.93 bits per heavy atom. The summed E-state index contributed by atoms with van der Waals surface area (Å²) in [5.74, 6) is 0.0679. The van der Waals surface area contributed by atoms with Crippen LogP contribution in [-0.4, -0.2) is 30.4 Å². The van der Waals surface area contributed by atoms with Crippen molar-refractivity contribution in [1.29, 1.82) is 0 Å². The van der Waals surface area contributed by atoms with Gasteiger partial charge in [-0.25, -0.2) is 0 Å². The first-order valence-corrected chi connectivity index (χ1v) is 5.78. The second kappa shape index (κ2) is 6.11. The van der Waals surface area contributed by atoms with Gasteiger partial charge in [0, 0.05) is 13.6 Å². The van der Waals surface area contributed by atoms with Gasteiger partial charge in [0.25, 0.3) is 0 Å². The summed E-state index contributed by atoms with van der Waals surface area (Å²) in [6, 6.07) is -0.322. The van der Waals surface area contributed by atoms with Crippen molar-refractivity contribution in [2.75, 3.05) is 13.6 Å². The van der Waals surface area contributed by atoms with E-state index in [2.05, 4.69) is 27.7 Å². The molecule has 0 aromatic heterocycles. The number of carbonyl (C=O) groups excluding carboxylic acids is 1. The van der Waals surface area contributed by atoms with Crippen LogP contribution in [0.1, 0.15) is 47.0 Å². The van der Waals surface area contributed by atoms with Gasteiger partial charge in [-0.1, -0.05) is 40.5 Å². The first-order chi connectivity index (χ1) is 6.78. The van der Waals surface area contributed by atoms with Crippen LogP contribution in [0.3, 0.4) is 0 Å². The molecule has 0 aliphatic carbocycles. The quantitative estimate of drug-likeness (QED) is 0.761. The molecular weight excluding hydrogens is 188 g/mol. The number of hydrogen-bond donors (Lipinski definition) is 1. The van der Waals surface area contributed by atoms with Gasteiger partial charge >= 0.3 is 0 Å². The summed E-state index contributed by atoms with van der Waals surface area (Å²) < 4.78 is 0. The van der Waals surface area contributed by atoms with Crippen LogP contribution in [0.4, 0.5) is 0 Å². The van der Waals surface area contributed by atoms with Crippen molar-refractivity contribution >= 4 is 5.91 Å². The van der Waals surface area contributed by atoms with Gasteiger partial charge in [-0.2, -0.15) is 0 Å². The monoisotopic (exact) mass is 214 g/mol. The molecule has 0 rings (SSSR count). The van der Waals surface area contributed by atoms with Crippen LogP contribution in [-0.2, 0) is 4.79 Å². The van der Waals surface area contributed by atoms with Crippen LogP contribution >= 0.6 is 0 Å². The van der Waals surface area contributed by atoms with Crippen molar-refractivity contribution in [3.05, 3.63) is 0 Å². The smallest absolute Gasteiger partial charge is 0.239 e. The SMILES string of the molecule is CCCCC(N)C(=O)N(C)CC(C)(C)C. The topological polar surface area (TPSA) is 46.3 Å². The molecule has 0 fully saturated rings. The number of amides is 1. The van der Waals surface area contributed by atoms with Gasteiger partial charge in [0.1, 0.15) is 0 Å². The van der Waals surface area contributed by atoms with Gasteiger partial charge < -0.3 is 10.6 Å². The van der Waals surface area contributed by atoms with E-state index < -0.39 is 0 Å². The molecule has 0 heterocycles. The minimum Gasteiger partial charge on any atom is -0.344 e. The van der Waals surface area contributed by atoms with Crippen molar-refractivity contribution in [3.63, 3.8) is 0 Å². The molecule has 90 valence electrons. The second-order valence-corrected chi connectivity index (χ2v) is 5.50. The molecule has 1 atom stereocenters. The summed E-state index contributed by atoms with van der Waals surface area (Å²) in [6.07, 6.45) is 2.91. The molecule has 0 aliphatic rings. The predicted molar refractivity (Wildman–Crippen MR) is 64.6 cm³/mol. The Bertz CT molecular complexity index is 196. The molecule has 15 heavy (non-hydrogen) atoms. The van der Waals surface area contributed by atoms with Gasteiger partial charge in [0.15, 0.2) is 0 Å². The summed E-state index contributed by atoms with van der Waals surface area (Å²) in [5, 5.41) is 0. The minimum absolute atomic E-state index is 0.0679. The van der Waals surface area contributed by atoms with Crippen molar-refractivity contribution in [3.8, 4) is 0 Å². The van der Waals surface area contributed by atoms with Crippen LogP contribution in [0.25, 0.3) is 0 Å². The number of nitrogens with two attached hydrogens (primary N) is 1. The van der Waals surface area contributed by atoms with Crippen molar-refractivity contribution in [2.24, 2.45) is 11.1 Å². The molecule has 0 spiro atoms. The lowest BCUT2D eigenvalue weighted by molar-refractivity contribution is -0.132. The zero-order valence-corrected chi connectivity index (χ0v) is 10.8. The number of rotatable bonds is 5. The number of hydrogen-bond acceptors (Lipinski definition) is 2. The lowest BCUT2D eigenvalue weighted by atomic mass is 9.96. The Kier molecular flexibility index (Phi) is 5.88. The Morgan fingerprint density at radius 3 is 2.33 bits per heavy atom. The highest BCUT2D eigenvalue weighted by Crippen LogP contribution is 2.15.